The quantitative estimate of drug-likeness (QED) is 0.156. The standard InChI is InChI=1S/C27H18NS.2C27H18N.3Y/c1-28-23-13-12-20(26-16-15-25(29-26)19-8-3-2-4-9-19)17-22(23)27-21-10-6-5-7-18(21)11-14-24(27)28;1-28-25-15-14-20(22-12-6-9-18-7-2-4-10-21(18)22)17-24(25)27-23-11-5-3-8-19(23)13-16-26(27)28;1-28-25-14-13-22(21-11-10-18-6-2-3-8-20(18)16-21)17-24(25)27-23-9-5-4-7-19(23)12-15-26(27)28;;;/h3-17H,1H3;2-8,10-17H,1H3;3-17H,1H3;;;/q3*-1;;;. The van der Waals surface area contributed by atoms with Crippen molar-refractivity contribution in [1.29, 1.82) is 0 Å². The summed E-state index contributed by atoms with van der Waals surface area (Å²) >= 11 is 1.84. The van der Waals surface area contributed by atoms with Crippen LogP contribution in [0.25, 0.3) is 162 Å². The molecule has 0 fully saturated rings. The van der Waals surface area contributed by atoms with Gasteiger partial charge in [0.1, 0.15) is 0 Å². The van der Waals surface area contributed by atoms with E-state index in [2.05, 4.69) is 296 Å². The van der Waals surface area contributed by atoms with E-state index in [4.69, 9.17) is 0 Å². The van der Waals surface area contributed by atoms with Crippen LogP contribution in [0.1, 0.15) is 0 Å². The van der Waals surface area contributed by atoms with Gasteiger partial charge in [0.2, 0.25) is 0 Å². The minimum absolute atomic E-state index is 0. The van der Waals surface area contributed by atoms with Gasteiger partial charge in [0.25, 0.3) is 0 Å². The van der Waals surface area contributed by atoms with Crippen molar-refractivity contribution in [2.75, 3.05) is 0 Å². The van der Waals surface area contributed by atoms with Crippen molar-refractivity contribution in [2.24, 2.45) is 21.1 Å². The summed E-state index contributed by atoms with van der Waals surface area (Å²) in [6, 6.07) is 108. The van der Waals surface area contributed by atoms with Gasteiger partial charge >= 0.3 is 0 Å². The first kappa shape index (κ1) is 59.7. The summed E-state index contributed by atoms with van der Waals surface area (Å²) < 4.78 is 6.91. The molecule has 14 aromatic carbocycles. The Morgan fingerprint density at radius 1 is 0.284 bits per heavy atom. The monoisotopic (exact) mass is 1370 g/mol. The van der Waals surface area contributed by atoms with Gasteiger partial charge in [-0.3, -0.25) is 0 Å². The van der Waals surface area contributed by atoms with Gasteiger partial charge in [-0.1, -0.05) is 139 Å². The van der Waals surface area contributed by atoms with Gasteiger partial charge in [-0.25, -0.2) is 0 Å². The van der Waals surface area contributed by atoms with Crippen LogP contribution in [0, 0.1) is 18.2 Å². The van der Waals surface area contributed by atoms with E-state index >= 15 is 0 Å². The molecule has 0 N–H and O–H groups in total. The maximum absolute atomic E-state index is 3.35. The van der Waals surface area contributed by atoms with Crippen LogP contribution in [0.4, 0.5) is 0 Å². The van der Waals surface area contributed by atoms with Crippen LogP contribution in [-0.2, 0) is 119 Å². The molecule has 88 heavy (non-hydrogen) atoms. The molecule has 18 aromatic rings. The number of nitrogens with zero attached hydrogens (tertiary/aromatic N) is 3. The Kier molecular flexibility index (Phi) is 17.0. The Hall–Kier alpha value is -7.21. The summed E-state index contributed by atoms with van der Waals surface area (Å²) in [6.45, 7) is 0. The molecule has 3 radical (unpaired) electrons. The first-order valence-electron chi connectivity index (χ1n) is 29.0. The molecule has 0 bridgehead atoms. The van der Waals surface area contributed by atoms with Crippen molar-refractivity contribution in [3.8, 4) is 43.1 Å². The maximum Gasteiger partial charge on any atom is 0.0495 e. The Morgan fingerprint density at radius 3 is 1.27 bits per heavy atom. The normalized spacial score (nSPS) is 11.3. The van der Waals surface area contributed by atoms with Crippen molar-refractivity contribution in [3.63, 3.8) is 0 Å². The molecule has 0 atom stereocenters. The van der Waals surface area contributed by atoms with Gasteiger partial charge in [-0.05, 0) is 121 Å². The summed E-state index contributed by atoms with van der Waals surface area (Å²) in [5.41, 5.74) is 15.2. The van der Waals surface area contributed by atoms with Gasteiger partial charge in [0.15, 0.2) is 0 Å². The van der Waals surface area contributed by atoms with Gasteiger partial charge in [0.05, 0.1) is 0 Å². The summed E-state index contributed by atoms with van der Waals surface area (Å²) in [7, 11) is 6.48. The number of aromatic nitrogens is 3. The number of hydrogen-bond donors (Lipinski definition) is 0. The zero-order chi connectivity index (χ0) is 56.7. The van der Waals surface area contributed by atoms with Crippen LogP contribution in [0.2, 0.25) is 0 Å². The van der Waals surface area contributed by atoms with Gasteiger partial charge in [-0.15, -0.1) is 74.8 Å². The van der Waals surface area contributed by atoms with Crippen molar-refractivity contribution in [2.45, 2.75) is 0 Å². The van der Waals surface area contributed by atoms with Crippen LogP contribution in [0.15, 0.2) is 273 Å². The summed E-state index contributed by atoms with van der Waals surface area (Å²) in [5, 5.41) is 20.7. The van der Waals surface area contributed by atoms with E-state index in [0.717, 1.165) is 5.39 Å². The average Bonchev–Trinajstić information content (AvgIpc) is 3.11. The number of rotatable bonds is 4. The van der Waals surface area contributed by atoms with E-state index in [1.165, 1.54) is 157 Å². The Morgan fingerprint density at radius 2 is 0.705 bits per heavy atom. The van der Waals surface area contributed by atoms with Gasteiger partial charge in [-0.2, -0.15) is 54.6 Å². The van der Waals surface area contributed by atoms with Crippen molar-refractivity contribution < 1.29 is 98.1 Å². The second-order valence-corrected chi connectivity index (χ2v) is 23.4. The molecular weight excluding hydrogens is 1310 g/mol. The van der Waals surface area contributed by atoms with Gasteiger partial charge in [0, 0.05) is 194 Å². The first-order valence-corrected chi connectivity index (χ1v) is 29.8. The SMILES string of the molecule is Cn1c2ccc(-c3cc[c-]c4ccccc34)cc2c2c3ccccc3ccc21.Cn1c2ccc(-c3ccc(-c4cc[c-]cc4)s3)cc2c2c3ccccc3ccc21.Cn1c2ccc(-c3ccc4c[c-]ccc4c3)cc2c2c3ccccc3ccc21.[Y].[Y].[Y]. The summed E-state index contributed by atoms with van der Waals surface area (Å²) in [4.78, 5) is 2.59. The fourth-order valence-corrected chi connectivity index (χ4v) is 14.4. The Balaban J connectivity index is 0.000000120. The fourth-order valence-electron chi connectivity index (χ4n) is 13.3. The molecule has 4 aromatic heterocycles. The van der Waals surface area contributed by atoms with E-state index in [1.54, 1.807) is 0 Å². The predicted octanol–water partition coefficient (Wildman–Crippen LogP) is 21.9. The molecular formula is C81H54N3SY3-3. The van der Waals surface area contributed by atoms with E-state index in [9.17, 15) is 0 Å². The van der Waals surface area contributed by atoms with Gasteiger partial charge < -0.3 is 13.7 Å². The molecule has 0 unspecified atom stereocenters. The minimum Gasteiger partial charge on any atom is -0.344 e. The third kappa shape index (κ3) is 10.4. The largest absolute Gasteiger partial charge is 0.344 e. The molecule has 0 aliphatic carbocycles. The molecule has 3 nitrogen and oxygen atoms in total. The number of aryl methyl sites for hydroxylation is 3. The fraction of sp³-hybridized carbons (Fsp3) is 0.0370. The molecule has 0 amide bonds. The van der Waals surface area contributed by atoms with Crippen LogP contribution >= 0.6 is 11.3 Å². The molecule has 0 saturated carbocycles. The number of fused-ring (bicyclic) bond motifs is 17. The molecule has 0 saturated heterocycles. The second kappa shape index (κ2) is 25.0. The first-order chi connectivity index (χ1) is 41.9. The maximum atomic E-state index is 3.35. The average molecular weight is 1370 g/mol. The molecule has 411 valence electrons. The molecule has 7 heteroatoms. The second-order valence-electron chi connectivity index (χ2n) is 22.3. The summed E-state index contributed by atoms with van der Waals surface area (Å²) in [6.07, 6.45) is 0. The van der Waals surface area contributed by atoms with Crippen molar-refractivity contribution in [3.05, 3.63) is 291 Å². The van der Waals surface area contributed by atoms with Crippen LogP contribution < -0.4 is 0 Å². The molecule has 4 heterocycles. The van der Waals surface area contributed by atoms with Crippen LogP contribution in [0.3, 0.4) is 0 Å². The van der Waals surface area contributed by atoms with Crippen molar-refractivity contribution in [1.82, 2.24) is 13.7 Å². The smallest absolute Gasteiger partial charge is 0.0495 e. The number of benzene rings is 14. The third-order valence-electron chi connectivity index (χ3n) is 17.6. The minimum atomic E-state index is 0. The number of hydrogen-bond acceptors (Lipinski definition) is 1. The molecule has 0 spiro atoms. The molecule has 18 rings (SSSR count). The van der Waals surface area contributed by atoms with E-state index in [-0.39, 0.29) is 98.1 Å². The zero-order valence-electron chi connectivity index (χ0n) is 49.0. The van der Waals surface area contributed by atoms with E-state index in [0.29, 0.717) is 0 Å². The third-order valence-corrected chi connectivity index (χ3v) is 18.8. The van der Waals surface area contributed by atoms with E-state index in [1.807, 2.05) is 41.7 Å². The van der Waals surface area contributed by atoms with Crippen LogP contribution in [0.5, 0.6) is 0 Å². The Labute approximate surface area is 590 Å². The topological polar surface area (TPSA) is 14.8 Å². The van der Waals surface area contributed by atoms with Crippen LogP contribution in [-0.4, -0.2) is 13.7 Å². The molecule has 0 aliphatic rings. The van der Waals surface area contributed by atoms with Crippen molar-refractivity contribution >= 4 is 131 Å². The van der Waals surface area contributed by atoms with E-state index < -0.39 is 0 Å². The summed E-state index contributed by atoms with van der Waals surface area (Å²) in [5.74, 6) is 0. The Bertz CT molecular complexity index is 5660. The predicted molar refractivity (Wildman–Crippen MR) is 365 cm³/mol. The molecule has 0 aliphatic heterocycles. The number of thiophene rings is 1. The zero-order valence-corrected chi connectivity index (χ0v) is 58.3.